The molecule has 0 radical (unpaired) electrons. The monoisotopic (exact) mass is 391 g/mol. The number of aromatic nitrogens is 2. The molecule has 0 aliphatic rings. The normalized spacial score (nSPS) is 11.9. The van der Waals surface area contributed by atoms with E-state index in [1.54, 1.807) is 41.9 Å². The first kappa shape index (κ1) is 18.8. The van der Waals surface area contributed by atoms with Gasteiger partial charge in [0.2, 0.25) is 0 Å². The molecule has 1 atom stereocenters. The van der Waals surface area contributed by atoms with E-state index in [1.165, 1.54) is 13.0 Å². The molecule has 0 aliphatic heterocycles. The largest absolute Gasteiger partial charge is 0.481 e. The lowest BCUT2D eigenvalue weighted by atomic mass is 10.3. The Kier molecular flexibility index (Phi) is 5.41. The molecule has 0 saturated carbocycles. The van der Waals surface area contributed by atoms with Crippen molar-refractivity contribution < 1.29 is 18.3 Å². The lowest BCUT2D eigenvalue weighted by Crippen LogP contribution is -2.31. The molecule has 140 valence electrons. The van der Waals surface area contributed by atoms with Crippen LogP contribution < -0.4 is 10.1 Å². The lowest BCUT2D eigenvalue weighted by Gasteiger charge is -2.15. The van der Waals surface area contributed by atoms with E-state index in [1.807, 2.05) is 0 Å². The number of aryl methyl sites for hydroxylation is 1. The Hall–Kier alpha value is -2.93. The molecule has 27 heavy (non-hydrogen) atoms. The molecule has 2 aromatic carbocycles. The van der Waals surface area contributed by atoms with Gasteiger partial charge in [0.25, 0.3) is 5.91 Å². The van der Waals surface area contributed by atoms with Gasteiger partial charge >= 0.3 is 0 Å². The van der Waals surface area contributed by atoms with Crippen molar-refractivity contribution in [1.82, 2.24) is 9.78 Å². The van der Waals surface area contributed by atoms with Gasteiger partial charge in [-0.25, -0.2) is 13.5 Å². The predicted octanol–water partition coefficient (Wildman–Crippen LogP) is 4.52. The van der Waals surface area contributed by atoms with Crippen LogP contribution in [0.15, 0.2) is 48.5 Å². The summed E-state index contributed by atoms with van der Waals surface area (Å²) in [7, 11) is 0. The topological polar surface area (TPSA) is 56.1 Å². The Morgan fingerprint density at radius 3 is 2.67 bits per heavy atom. The zero-order chi connectivity index (χ0) is 19.6. The second-order valence-corrected chi connectivity index (χ2v) is 6.32. The summed E-state index contributed by atoms with van der Waals surface area (Å²) in [6.07, 6.45) is -0.946. The van der Waals surface area contributed by atoms with Crippen molar-refractivity contribution in [2.75, 3.05) is 5.32 Å². The Labute approximate surface area is 159 Å². The van der Waals surface area contributed by atoms with Crippen LogP contribution in [0.2, 0.25) is 5.02 Å². The first-order chi connectivity index (χ1) is 12.8. The standard InChI is InChI=1S/C19H16ClF2N3O2/c1-11-8-18(25(24-11)14-5-3-4-13(20)9-14)23-19(26)12(2)27-15-6-7-16(21)17(22)10-15/h3-10,12H,1-2H3,(H,23,26). The van der Waals surface area contributed by atoms with Crippen molar-refractivity contribution in [2.45, 2.75) is 20.0 Å². The number of carbonyl (C=O) groups excluding carboxylic acids is 1. The summed E-state index contributed by atoms with van der Waals surface area (Å²) >= 11 is 6.02. The number of carbonyl (C=O) groups is 1. The van der Waals surface area contributed by atoms with Crippen molar-refractivity contribution in [2.24, 2.45) is 0 Å². The van der Waals surface area contributed by atoms with E-state index in [4.69, 9.17) is 16.3 Å². The van der Waals surface area contributed by atoms with Gasteiger partial charge in [0.1, 0.15) is 11.6 Å². The Morgan fingerprint density at radius 2 is 1.96 bits per heavy atom. The highest BCUT2D eigenvalue weighted by Crippen LogP contribution is 2.21. The minimum Gasteiger partial charge on any atom is -0.481 e. The van der Waals surface area contributed by atoms with Crippen LogP contribution in [-0.4, -0.2) is 21.8 Å². The highest BCUT2D eigenvalue weighted by atomic mass is 35.5. The number of rotatable bonds is 5. The second-order valence-electron chi connectivity index (χ2n) is 5.89. The van der Waals surface area contributed by atoms with E-state index in [2.05, 4.69) is 10.4 Å². The van der Waals surface area contributed by atoms with Gasteiger partial charge in [-0.05, 0) is 44.2 Å². The Balaban J connectivity index is 1.76. The quantitative estimate of drug-likeness (QED) is 0.695. The number of ether oxygens (including phenoxy) is 1. The van der Waals surface area contributed by atoms with E-state index in [0.717, 1.165) is 12.1 Å². The van der Waals surface area contributed by atoms with Gasteiger partial charge < -0.3 is 10.1 Å². The average Bonchev–Trinajstić information content (AvgIpc) is 2.98. The molecule has 3 rings (SSSR count). The number of nitrogens with zero attached hydrogens (tertiary/aromatic N) is 2. The lowest BCUT2D eigenvalue weighted by molar-refractivity contribution is -0.122. The number of benzene rings is 2. The molecular formula is C19H16ClF2N3O2. The van der Waals surface area contributed by atoms with E-state index >= 15 is 0 Å². The van der Waals surface area contributed by atoms with Crippen LogP contribution in [0.4, 0.5) is 14.6 Å². The smallest absolute Gasteiger partial charge is 0.266 e. The van der Waals surface area contributed by atoms with E-state index in [-0.39, 0.29) is 5.75 Å². The number of halogens is 3. The molecule has 0 saturated heterocycles. The first-order valence-corrected chi connectivity index (χ1v) is 8.46. The molecule has 1 aromatic heterocycles. The van der Waals surface area contributed by atoms with Gasteiger partial charge in [-0.1, -0.05) is 17.7 Å². The van der Waals surface area contributed by atoms with Crippen molar-refractivity contribution >= 4 is 23.3 Å². The third-order valence-electron chi connectivity index (χ3n) is 3.71. The Bertz CT molecular complexity index is 991. The fourth-order valence-corrected chi connectivity index (χ4v) is 2.61. The van der Waals surface area contributed by atoms with Gasteiger partial charge in [-0.3, -0.25) is 4.79 Å². The first-order valence-electron chi connectivity index (χ1n) is 8.08. The number of anilines is 1. The van der Waals surface area contributed by atoms with Gasteiger partial charge in [0.05, 0.1) is 11.4 Å². The average molecular weight is 392 g/mol. The number of hydrogen-bond acceptors (Lipinski definition) is 3. The summed E-state index contributed by atoms with van der Waals surface area (Å²) in [5, 5.41) is 7.61. The van der Waals surface area contributed by atoms with E-state index < -0.39 is 23.6 Å². The summed E-state index contributed by atoms with van der Waals surface area (Å²) in [5.41, 5.74) is 1.37. The molecular weight excluding hydrogens is 376 g/mol. The van der Waals surface area contributed by atoms with Gasteiger partial charge in [0.15, 0.2) is 17.7 Å². The molecule has 5 nitrogen and oxygen atoms in total. The molecule has 1 N–H and O–H groups in total. The third-order valence-corrected chi connectivity index (χ3v) is 3.94. The van der Waals surface area contributed by atoms with Crippen molar-refractivity contribution in [3.05, 3.63) is 70.9 Å². The summed E-state index contributed by atoms with van der Waals surface area (Å²) in [4.78, 5) is 12.5. The predicted molar refractivity (Wildman–Crippen MR) is 98.4 cm³/mol. The van der Waals surface area contributed by atoms with Crippen LogP contribution in [-0.2, 0) is 4.79 Å². The molecule has 1 heterocycles. The van der Waals surface area contributed by atoms with Crippen LogP contribution in [0, 0.1) is 18.6 Å². The molecule has 1 amide bonds. The zero-order valence-corrected chi connectivity index (χ0v) is 15.3. The van der Waals surface area contributed by atoms with Crippen molar-refractivity contribution in [1.29, 1.82) is 0 Å². The fourth-order valence-electron chi connectivity index (χ4n) is 2.43. The number of nitrogens with one attached hydrogen (secondary N) is 1. The van der Waals surface area contributed by atoms with Crippen molar-refractivity contribution in [3.63, 3.8) is 0 Å². The van der Waals surface area contributed by atoms with Crippen LogP contribution in [0.5, 0.6) is 5.75 Å². The van der Waals surface area contributed by atoms with Gasteiger partial charge in [0, 0.05) is 17.2 Å². The molecule has 0 spiro atoms. The SMILES string of the molecule is Cc1cc(NC(=O)C(C)Oc2ccc(F)c(F)c2)n(-c2cccc(Cl)c2)n1. The molecule has 3 aromatic rings. The highest BCUT2D eigenvalue weighted by Gasteiger charge is 2.18. The maximum Gasteiger partial charge on any atom is 0.266 e. The summed E-state index contributed by atoms with van der Waals surface area (Å²) in [5.74, 6) is -2.02. The van der Waals surface area contributed by atoms with Crippen LogP contribution in [0.25, 0.3) is 5.69 Å². The molecule has 0 fully saturated rings. The van der Waals surface area contributed by atoms with E-state index in [9.17, 15) is 13.6 Å². The van der Waals surface area contributed by atoms with Crippen molar-refractivity contribution in [3.8, 4) is 11.4 Å². The second kappa shape index (κ2) is 7.75. The van der Waals surface area contributed by atoms with E-state index in [0.29, 0.717) is 22.2 Å². The molecule has 0 aliphatic carbocycles. The molecule has 1 unspecified atom stereocenters. The highest BCUT2D eigenvalue weighted by molar-refractivity contribution is 6.30. The van der Waals surface area contributed by atoms with Crippen LogP contribution in [0.3, 0.4) is 0 Å². The van der Waals surface area contributed by atoms with Crippen LogP contribution >= 0.6 is 11.6 Å². The fraction of sp³-hybridized carbons (Fsp3) is 0.158. The summed E-state index contributed by atoms with van der Waals surface area (Å²) in [6.45, 7) is 3.29. The minimum atomic E-state index is -1.05. The summed E-state index contributed by atoms with van der Waals surface area (Å²) < 4.78 is 33.2. The minimum absolute atomic E-state index is 0.0519. The van der Waals surface area contributed by atoms with Gasteiger partial charge in [-0.2, -0.15) is 5.10 Å². The van der Waals surface area contributed by atoms with Gasteiger partial charge in [-0.15, -0.1) is 0 Å². The molecule has 8 heteroatoms. The maximum atomic E-state index is 13.3. The zero-order valence-electron chi connectivity index (χ0n) is 14.5. The third kappa shape index (κ3) is 4.43. The summed E-state index contributed by atoms with van der Waals surface area (Å²) in [6, 6.07) is 11.8. The number of hydrogen-bond donors (Lipinski definition) is 1. The maximum absolute atomic E-state index is 13.3. The Morgan fingerprint density at radius 1 is 1.19 bits per heavy atom. The molecule has 0 bridgehead atoms. The van der Waals surface area contributed by atoms with Crippen LogP contribution in [0.1, 0.15) is 12.6 Å². The number of amides is 1.